The molecule has 0 aliphatic rings. The van der Waals surface area contributed by atoms with Gasteiger partial charge in [-0.2, -0.15) is 0 Å². The van der Waals surface area contributed by atoms with Gasteiger partial charge in [-0.3, -0.25) is 4.72 Å². The van der Waals surface area contributed by atoms with E-state index in [1.165, 1.54) is 23.3 Å². The highest BCUT2D eigenvalue weighted by molar-refractivity contribution is 7.92. The maximum absolute atomic E-state index is 12.4. The summed E-state index contributed by atoms with van der Waals surface area (Å²) < 4.78 is 27.2. The van der Waals surface area contributed by atoms with Gasteiger partial charge in [-0.05, 0) is 48.4 Å². The van der Waals surface area contributed by atoms with Crippen LogP contribution >= 0.6 is 11.6 Å². The zero-order valence-electron chi connectivity index (χ0n) is 14.1. The minimum atomic E-state index is -3.73. The van der Waals surface area contributed by atoms with Crippen LogP contribution < -0.4 is 10.0 Å². The van der Waals surface area contributed by atoms with Crippen LogP contribution in [0.5, 0.6) is 0 Å². The zero-order valence-corrected chi connectivity index (χ0v) is 15.7. The van der Waals surface area contributed by atoms with E-state index >= 15 is 0 Å². The number of nitrogens with zero attached hydrogens (tertiary/aromatic N) is 1. The van der Waals surface area contributed by atoms with Crippen LogP contribution in [-0.2, 0) is 16.6 Å². The largest absolute Gasteiger partial charge is 0.380 e. The molecule has 0 aliphatic heterocycles. The number of anilines is 2. The van der Waals surface area contributed by atoms with E-state index < -0.39 is 10.0 Å². The lowest BCUT2D eigenvalue weighted by molar-refractivity contribution is 0.601. The average Bonchev–Trinajstić information content (AvgIpc) is 2.62. The van der Waals surface area contributed by atoms with Crippen LogP contribution in [0.3, 0.4) is 0 Å². The number of sulfonamides is 1. The van der Waals surface area contributed by atoms with Gasteiger partial charge in [0.2, 0.25) is 0 Å². The van der Waals surface area contributed by atoms with Crippen molar-refractivity contribution in [3.8, 4) is 0 Å². The molecule has 1 heterocycles. The molecular weight excluding hydrogens is 370 g/mol. The van der Waals surface area contributed by atoms with Crippen LogP contribution in [0.4, 0.5) is 11.5 Å². The standard InChI is InChI=1S/C19H18ClN3O2S/c1-14-5-2-3-6-15(14)12-21-17-9-10-19(22-13-17)23-26(24,25)18-8-4-7-16(20)11-18/h2-11,13,21H,12H2,1H3,(H,22,23). The second kappa shape index (κ2) is 7.76. The Morgan fingerprint density at radius 1 is 1.04 bits per heavy atom. The lowest BCUT2D eigenvalue weighted by atomic mass is 10.1. The number of pyridine rings is 1. The second-order valence-corrected chi connectivity index (χ2v) is 7.89. The molecule has 0 spiro atoms. The highest BCUT2D eigenvalue weighted by atomic mass is 35.5. The molecule has 7 heteroatoms. The first-order chi connectivity index (χ1) is 12.4. The zero-order chi connectivity index (χ0) is 18.6. The molecule has 134 valence electrons. The minimum absolute atomic E-state index is 0.0913. The first-order valence-electron chi connectivity index (χ1n) is 7.97. The molecule has 5 nitrogen and oxygen atoms in total. The lowest BCUT2D eigenvalue weighted by Gasteiger charge is -2.10. The van der Waals surface area contributed by atoms with Crippen molar-refractivity contribution >= 4 is 33.1 Å². The van der Waals surface area contributed by atoms with Gasteiger partial charge in [0.25, 0.3) is 10.0 Å². The molecule has 0 saturated carbocycles. The van der Waals surface area contributed by atoms with Gasteiger partial charge >= 0.3 is 0 Å². The summed E-state index contributed by atoms with van der Waals surface area (Å²) in [4.78, 5) is 4.25. The molecule has 0 saturated heterocycles. The van der Waals surface area contributed by atoms with Crippen molar-refractivity contribution in [3.05, 3.63) is 83.0 Å². The SMILES string of the molecule is Cc1ccccc1CNc1ccc(NS(=O)(=O)c2cccc(Cl)c2)nc1. The monoisotopic (exact) mass is 387 g/mol. The smallest absolute Gasteiger partial charge is 0.263 e. The van der Waals surface area contributed by atoms with Gasteiger partial charge < -0.3 is 5.32 Å². The molecule has 3 rings (SSSR count). The fourth-order valence-corrected chi connectivity index (χ4v) is 3.70. The molecule has 1 aromatic heterocycles. The van der Waals surface area contributed by atoms with Crippen molar-refractivity contribution in [2.75, 3.05) is 10.0 Å². The minimum Gasteiger partial charge on any atom is -0.380 e. The Morgan fingerprint density at radius 2 is 1.85 bits per heavy atom. The Kier molecular flexibility index (Phi) is 5.44. The van der Waals surface area contributed by atoms with Crippen LogP contribution in [0.15, 0.2) is 71.8 Å². The van der Waals surface area contributed by atoms with Crippen LogP contribution in [0.25, 0.3) is 0 Å². The number of nitrogens with one attached hydrogen (secondary N) is 2. The molecule has 0 unspecified atom stereocenters. The van der Waals surface area contributed by atoms with Crippen molar-refractivity contribution in [1.82, 2.24) is 4.98 Å². The summed E-state index contributed by atoms with van der Waals surface area (Å²) in [6.07, 6.45) is 1.59. The molecule has 0 radical (unpaired) electrons. The maximum Gasteiger partial charge on any atom is 0.263 e. The summed E-state index contributed by atoms with van der Waals surface area (Å²) in [7, 11) is -3.73. The number of rotatable bonds is 6. The van der Waals surface area contributed by atoms with Crippen molar-refractivity contribution < 1.29 is 8.42 Å². The summed E-state index contributed by atoms with van der Waals surface area (Å²) in [5.74, 6) is 0.242. The van der Waals surface area contributed by atoms with Crippen molar-refractivity contribution in [1.29, 1.82) is 0 Å². The number of aryl methyl sites for hydroxylation is 1. The number of benzene rings is 2. The molecule has 2 N–H and O–H groups in total. The van der Waals surface area contributed by atoms with Crippen molar-refractivity contribution in [2.45, 2.75) is 18.4 Å². The van der Waals surface area contributed by atoms with E-state index in [4.69, 9.17) is 11.6 Å². The Morgan fingerprint density at radius 3 is 2.54 bits per heavy atom. The van der Waals surface area contributed by atoms with Gasteiger partial charge in [0, 0.05) is 11.6 Å². The normalized spacial score (nSPS) is 11.2. The molecule has 0 amide bonds. The van der Waals surface area contributed by atoms with Gasteiger partial charge in [0.15, 0.2) is 0 Å². The van der Waals surface area contributed by atoms with E-state index in [2.05, 4.69) is 34.1 Å². The van der Waals surface area contributed by atoms with Gasteiger partial charge in [-0.1, -0.05) is 41.9 Å². The van der Waals surface area contributed by atoms with Gasteiger partial charge in [-0.15, -0.1) is 0 Å². The van der Waals surface area contributed by atoms with Crippen LogP contribution in [0.1, 0.15) is 11.1 Å². The molecule has 0 fully saturated rings. The van der Waals surface area contributed by atoms with Crippen LogP contribution in [-0.4, -0.2) is 13.4 Å². The van der Waals surface area contributed by atoms with E-state index in [-0.39, 0.29) is 10.7 Å². The summed E-state index contributed by atoms with van der Waals surface area (Å²) in [5.41, 5.74) is 3.20. The van der Waals surface area contributed by atoms with Gasteiger partial charge in [0.1, 0.15) is 5.82 Å². The first-order valence-corrected chi connectivity index (χ1v) is 9.83. The van der Waals surface area contributed by atoms with E-state index in [9.17, 15) is 8.42 Å². The predicted molar refractivity (Wildman–Crippen MR) is 105 cm³/mol. The summed E-state index contributed by atoms with van der Waals surface area (Å²) in [6, 6.07) is 17.6. The molecule has 0 bridgehead atoms. The first kappa shape index (κ1) is 18.2. The van der Waals surface area contributed by atoms with Crippen LogP contribution in [0.2, 0.25) is 5.02 Å². The number of aromatic nitrogens is 1. The average molecular weight is 388 g/mol. The highest BCUT2D eigenvalue weighted by Crippen LogP contribution is 2.19. The Hall–Kier alpha value is -2.57. The molecule has 2 aromatic carbocycles. The Bertz CT molecular complexity index is 1010. The van der Waals surface area contributed by atoms with Gasteiger partial charge in [0.05, 0.1) is 16.8 Å². The van der Waals surface area contributed by atoms with Crippen LogP contribution in [0, 0.1) is 6.92 Å². The fraction of sp³-hybridized carbons (Fsp3) is 0.105. The quantitative estimate of drug-likeness (QED) is 0.655. The lowest BCUT2D eigenvalue weighted by Crippen LogP contribution is -2.14. The number of halogens is 1. The highest BCUT2D eigenvalue weighted by Gasteiger charge is 2.15. The van der Waals surface area contributed by atoms with Crippen molar-refractivity contribution in [3.63, 3.8) is 0 Å². The molecular formula is C19H18ClN3O2S. The van der Waals surface area contributed by atoms with E-state index in [1.54, 1.807) is 30.5 Å². The Labute approximate surface area is 158 Å². The van der Waals surface area contributed by atoms with E-state index in [0.29, 0.717) is 11.6 Å². The number of hydrogen-bond donors (Lipinski definition) is 2. The third kappa shape index (κ3) is 4.53. The van der Waals surface area contributed by atoms with E-state index in [0.717, 1.165) is 5.69 Å². The predicted octanol–water partition coefficient (Wildman–Crippen LogP) is 4.46. The molecule has 0 aliphatic carbocycles. The third-order valence-corrected chi connectivity index (χ3v) is 5.44. The van der Waals surface area contributed by atoms with Crippen molar-refractivity contribution in [2.24, 2.45) is 0 Å². The third-order valence-electron chi connectivity index (χ3n) is 3.85. The summed E-state index contributed by atoms with van der Waals surface area (Å²) >= 11 is 5.85. The second-order valence-electron chi connectivity index (χ2n) is 5.78. The molecule has 3 aromatic rings. The summed E-state index contributed by atoms with van der Waals surface area (Å²) in [6.45, 7) is 2.73. The number of hydrogen-bond acceptors (Lipinski definition) is 4. The maximum atomic E-state index is 12.4. The molecule has 0 atom stereocenters. The fourth-order valence-electron chi connectivity index (χ4n) is 2.40. The van der Waals surface area contributed by atoms with Gasteiger partial charge in [-0.25, -0.2) is 13.4 Å². The molecule has 26 heavy (non-hydrogen) atoms. The topological polar surface area (TPSA) is 71.1 Å². The summed E-state index contributed by atoms with van der Waals surface area (Å²) in [5, 5.41) is 3.63. The Balaban J connectivity index is 1.67. The van der Waals surface area contributed by atoms with E-state index in [1.807, 2.05) is 12.1 Å².